The van der Waals surface area contributed by atoms with E-state index in [2.05, 4.69) is 6.92 Å². The van der Waals surface area contributed by atoms with E-state index in [0.717, 1.165) is 32.0 Å². The zero-order valence-corrected chi connectivity index (χ0v) is 14.2. The molecule has 1 aromatic carbocycles. The van der Waals surface area contributed by atoms with Crippen LogP contribution in [0.15, 0.2) is 18.2 Å². The van der Waals surface area contributed by atoms with Crippen molar-refractivity contribution in [2.75, 3.05) is 18.0 Å². The number of fused-ring (bicyclic) bond motifs is 1. The largest absolute Gasteiger partial charge is 0.478 e. The predicted octanol–water partition coefficient (Wildman–Crippen LogP) is 4.37. The number of rotatable bonds is 2. The first-order valence-corrected chi connectivity index (χ1v) is 8.29. The smallest absolute Gasteiger partial charge is 0.443 e. The van der Waals surface area contributed by atoms with E-state index in [-0.39, 0.29) is 5.75 Å². The minimum Gasteiger partial charge on any atom is -0.478 e. The Morgan fingerprint density at radius 3 is 2.76 bits per heavy atom. The highest BCUT2D eigenvalue weighted by Gasteiger charge is 2.63. The molecular weight excluding hydrogens is 359 g/mol. The average Bonchev–Trinajstić information content (AvgIpc) is 2.52. The normalized spacial score (nSPS) is 26.1. The van der Waals surface area contributed by atoms with Gasteiger partial charge < -0.3 is 14.7 Å². The van der Waals surface area contributed by atoms with Crippen LogP contribution in [0.3, 0.4) is 0 Å². The van der Waals surface area contributed by atoms with Gasteiger partial charge in [0.25, 0.3) is 0 Å². The maximum absolute atomic E-state index is 13.3. The first kappa shape index (κ1) is 17.9. The molecule has 2 atom stereocenters. The molecule has 0 aliphatic carbocycles. The number of hydrogen-bond donors (Lipinski definition) is 1. The maximum Gasteiger partial charge on any atom is 0.443 e. The van der Waals surface area contributed by atoms with Gasteiger partial charge in [-0.15, -0.1) is 0 Å². The summed E-state index contributed by atoms with van der Waals surface area (Å²) in [5.41, 5.74) is -2.51. The number of carboxylic acids is 1. The lowest BCUT2D eigenvalue weighted by atomic mass is 9.96. The first-order valence-electron chi connectivity index (χ1n) is 7.91. The molecule has 0 amide bonds. The first-order chi connectivity index (χ1) is 11.6. The predicted molar refractivity (Wildman–Crippen MR) is 88.1 cm³/mol. The molecule has 25 heavy (non-hydrogen) atoms. The SMILES string of the molecule is CC1CCCN(c2cc3c(cc2Cl)C=CC(C(=O)O)(C(F)(F)F)O3)C1. The van der Waals surface area contributed by atoms with Crippen LogP contribution >= 0.6 is 11.6 Å². The van der Waals surface area contributed by atoms with E-state index in [4.69, 9.17) is 21.4 Å². The summed E-state index contributed by atoms with van der Waals surface area (Å²) >= 11 is 6.30. The van der Waals surface area contributed by atoms with Crippen LogP contribution in [0.4, 0.5) is 18.9 Å². The Hall–Kier alpha value is -1.89. The fourth-order valence-corrected chi connectivity index (χ4v) is 3.52. The molecule has 0 aromatic heterocycles. The number of hydrogen-bond acceptors (Lipinski definition) is 3. The lowest BCUT2D eigenvalue weighted by Gasteiger charge is -2.36. The van der Waals surface area contributed by atoms with Crippen molar-refractivity contribution in [2.45, 2.75) is 31.5 Å². The van der Waals surface area contributed by atoms with Crippen LogP contribution in [0.25, 0.3) is 6.08 Å². The van der Waals surface area contributed by atoms with E-state index >= 15 is 0 Å². The summed E-state index contributed by atoms with van der Waals surface area (Å²) in [5.74, 6) is -1.81. The van der Waals surface area contributed by atoms with Crippen LogP contribution in [0.5, 0.6) is 5.75 Å². The fourth-order valence-electron chi connectivity index (χ4n) is 3.23. The van der Waals surface area contributed by atoms with E-state index in [0.29, 0.717) is 28.3 Å². The zero-order chi connectivity index (χ0) is 18.4. The average molecular weight is 376 g/mol. The van der Waals surface area contributed by atoms with Crippen molar-refractivity contribution in [3.8, 4) is 5.75 Å². The zero-order valence-electron chi connectivity index (χ0n) is 13.4. The second-order valence-corrected chi connectivity index (χ2v) is 6.92. The summed E-state index contributed by atoms with van der Waals surface area (Å²) in [5, 5.41) is 9.52. The molecule has 1 aromatic rings. The van der Waals surface area contributed by atoms with E-state index in [1.54, 1.807) is 0 Å². The van der Waals surface area contributed by atoms with Crippen molar-refractivity contribution in [2.24, 2.45) is 5.92 Å². The van der Waals surface area contributed by atoms with Crippen molar-refractivity contribution < 1.29 is 27.8 Å². The second kappa shape index (κ2) is 6.12. The quantitative estimate of drug-likeness (QED) is 0.834. The van der Waals surface area contributed by atoms with Crippen molar-refractivity contribution in [1.29, 1.82) is 0 Å². The van der Waals surface area contributed by atoms with Crippen LogP contribution in [-0.4, -0.2) is 35.9 Å². The number of benzene rings is 1. The monoisotopic (exact) mass is 375 g/mol. The summed E-state index contributed by atoms with van der Waals surface area (Å²) in [7, 11) is 0. The Labute approximate surface area is 147 Å². The number of carbonyl (C=O) groups is 1. The van der Waals surface area contributed by atoms with Gasteiger partial charge in [-0.05, 0) is 30.9 Å². The fraction of sp³-hybridized carbons (Fsp3) is 0.471. The molecule has 1 saturated heterocycles. The summed E-state index contributed by atoms with van der Waals surface area (Å²) < 4.78 is 45.0. The minimum atomic E-state index is -5.09. The van der Waals surface area contributed by atoms with Gasteiger partial charge in [0.1, 0.15) is 5.75 Å². The molecular formula is C17H17ClF3NO3. The van der Waals surface area contributed by atoms with Crippen LogP contribution in [-0.2, 0) is 4.79 Å². The highest BCUT2D eigenvalue weighted by atomic mass is 35.5. The highest BCUT2D eigenvalue weighted by molar-refractivity contribution is 6.33. The summed E-state index contributed by atoms with van der Waals surface area (Å²) in [4.78, 5) is 13.3. The van der Waals surface area contributed by atoms with Crippen LogP contribution in [0, 0.1) is 5.92 Å². The van der Waals surface area contributed by atoms with Gasteiger partial charge in [0.05, 0.1) is 10.7 Å². The second-order valence-electron chi connectivity index (χ2n) is 6.51. The van der Waals surface area contributed by atoms with Gasteiger partial charge in [-0.3, -0.25) is 0 Å². The number of piperidine rings is 1. The van der Waals surface area contributed by atoms with E-state index < -0.39 is 17.7 Å². The van der Waals surface area contributed by atoms with Gasteiger partial charge in [-0.25, -0.2) is 4.79 Å². The van der Waals surface area contributed by atoms with Gasteiger partial charge in [-0.2, -0.15) is 13.2 Å². The Morgan fingerprint density at radius 2 is 2.16 bits per heavy atom. The van der Waals surface area contributed by atoms with Gasteiger partial charge in [-0.1, -0.05) is 24.6 Å². The van der Waals surface area contributed by atoms with Crippen molar-refractivity contribution in [3.63, 3.8) is 0 Å². The third-order valence-electron chi connectivity index (χ3n) is 4.58. The number of halogens is 4. The molecule has 1 N–H and O–H groups in total. The number of ether oxygens (including phenoxy) is 1. The molecule has 2 aliphatic rings. The molecule has 0 radical (unpaired) electrons. The number of aliphatic carboxylic acids is 1. The van der Waals surface area contributed by atoms with E-state index in [1.807, 2.05) is 4.90 Å². The Morgan fingerprint density at radius 1 is 1.44 bits per heavy atom. The molecule has 0 saturated carbocycles. The number of alkyl halides is 3. The summed E-state index contributed by atoms with van der Waals surface area (Å²) in [6.45, 7) is 3.57. The molecule has 2 unspecified atom stereocenters. The van der Waals surface area contributed by atoms with Crippen LogP contribution in [0.2, 0.25) is 5.02 Å². The minimum absolute atomic E-state index is 0.139. The van der Waals surface area contributed by atoms with Crippen molar-refractivity contribution >= 4 is 29.3 Å². The van der Waals surface area contributed by atoms with Crippen molar-refractivity contribution in [1.82, 2.24) is 0 Å². The summed E-state index contributed by atoms with van der Waals surface area (Å²) in [6.07, 6.45) is -1.45. The van der Waals surface area contributed by atoms with E-state index in [1.165, 1.54) is 12.1 Å². The molecule has 136 valence electrons. The molecule has 0 spiro atoms. The van der Waals surface area contributed by atoms with Crippen LogP contribution in [0.1, 0.15) is 25.3 Å². The standard InChI is InChI=1S/C17H17ClF3NO3/c1-10-3-2-6-22(9-10)13-8-14-11(7-12(13)18)4-5-16(25-14,15(23)24)17(19,20)21/h4-5,7-8,10H,2-3,6,9H2,1H3,(H,23,24). The Bertz CT molecular complexity index is 735. The van der Waals surface area contributed by atoms with Crippen LogP contribution < -0.4 is 9.64 Å². The number of carboxylic acid groups (broad SMARTS) is 1. The molecule has 3 rings (SSSR count). The maximum atomic E-state index is 13.3. The lowest BCUT2D eigenvalue weighted by molar-refractivity contribution is -0.235. The Balaban J connectivity index is 2.02. The molecule has 0 bridgehead atoms. The molecule has 4 nitrogen and oxygen atoms in total. The highest BCUT2D eigenvalue weighted by Crippen LogP contribution is 2.44. The molecule has 1 fully saturated rings. The number of nitrogens with zero attached hydrogens (tertiary/aromatic N) is 1. The van der Waals surface area contributed by atoms with E-state index in [9.17, 15) is 18.0 Å². The number of anilines is 1. The topological polar surface area (TPSA) is 49.8 Å². The van der Waals surface area contributed by atoms with Gasteiger partial charge >= 0.3 is 17.7 Å². The van der Waals surface area contributed by atoms with Gasteiger partial charge in [0.2, 0.25) is 0 Å². The molecule has 2 aliphatic heterocycles. The summed E-state index contributed by atoms with van der Waals surface area (Å²) in [6, 6.07) is 2.91. The molecule has 2 heterocycles. The third kappa shape index (κ3) is 3.05. The van der Waals surface area contributed by atoms with Gasteiger partial charge in [0, 0.05) is 24.7 Å². The third-order valence-corrected chi connectivity index (χ3v) is 4.89. The lowest BCUT2D eigenvalue weighted by Crippen LogP contribution is -2.56. The Kier molecular flexibility index (Phi) is 4.39. The van der Waals surface area contributed by atoms with Crippen molar-refractivity contribution in [3.05, 3.63) is 28.8 Å². The van der Waals surface area contributed by atoms with Gasteiger partial charge in [0.15, 0.2) is 0 Å². The molecule has 8 heteroatoms.